The molecule has 14 heavy (non-hydrogen) atoms. The minimum Gasteiger partial charge on any atom is -0.395 e. The molecule has 1 aromatic carbocycles. The van der Waals surface area contributed by atoms with Crippen LogP contribution in [0, 0.1) is 6.92 Å². The number of sulfone groups is 1. The Morgan fingerprint density at radius 3 is 2.57 bits per heavy atom. The molecule has 0 radical (unpaired) electrons. The molecular formula is C9H11BrO3S. The Morgan fingerprint density at radius 1 is 1.43 bits per heavy atom. The fourth-order valence-corrected chi connectivity index (χ4v) is 2.40. The molecule has 0 aliphatic rings. The molecule has 0 atom stereocenters. The molecule has 0 aliphatic heterocycles. The van der Waals surface area contributed by atoms with Gasteiger partial charge in [-0.1, -0.05) is 15.9 Å². The predicted molar refractivity (Wildman–Crippen MR) is 58.0 cm³/mol. The van der Waals surface area contributed by atoms with Gasteiger partial charge in [0.1, 0.15) is 0 Å². The van der Waals surface area contributed by atoms with Gasteiger partial charge in [-0.15, -0.1) is 0 Å². The Hall–Kier alpha value is -0.390. The van der Waals surface area contributed by atoms with E-state index in [-0.39, 0.29) is 17.3 Å². The first-order chi connectivity index (χ1) is 6.47. The SMILES string of the molecule is Cc1cc(S(=O)(=O)CCO)ccc1Br. The highest BCUT2D eigenvalue weighted by Gasteiger charge is 2.13. The third-order valence-electron chi connectivity index (χ3n) is 1.85. The van der Waals surface area contributed by atoms with Crippen LogP contribution in [0.4, 0.5) is 0 Å². The molecule has 0 saturated carbocycles. The third-order valence-corrected chi connectivity index (χ3v) is 4.43. The van der Waals surface area contributed by atoms with Crippen molar-refractivity contribution < 1.29 is 13.5 Å². The number of hydrogen-bond acceptors (Lipinski definition) is 3. The van der Waals surface area contributed by atoms with Gasteiger partial charge in [-0.3, -0.25) is 0 Å². The lowest BCUT2D eigenvalue weighted by molar-refractivity contribution is 0.319. The number of benzene rings is 1. The zero-order valence-electron chi connectivity index (χ0n) is 7.70. The smallest absolute Gasteiger partial charge is 0.180 e. The van der Waals surface area contributed by atoms with Crippen LogP contribution in [0.2, 0.25) is 0 Å². The lowest BCUT2D eigenvalue weighted by Crippen LogP contribution is -2.10. The highest BCUT2D eigenvalue weighted by Crippen LogP contribution is 2.20. The molecule has 5 heteroatoms. The largest absolute Gasteiger partial charge is 0.395 e. The van der Waals surface area contributed by atoms with E-state index in [1.165, 1.54) is 6.07 Å². The standard InChI is InChI=1S/C9H11BrO3S/c1-7-6-8(2-3-9(7)10)14(12,13)5-4-11/h2-3,6,11H,4-5H2,1H3. The van der Waals surface area contributed by atoms with Crippen LogP contribution < -0.4 is 0 Å². The minimum absolute atomic E-state index is 0.228. The molecular weight excluding hydrogens is 268 g/mol. The van der Waals surface area contributed by atoms with Crippen LogP contribution in [-0.4, -0.2) is 25.9 Å². The summed E-state index contributed by atoms with van der Waals surface area (Å²) >= 11 is 3.29. The van der Waals surface area contributed by atoms with Crippen LogP contribution in [0.25, 0.3) is 0 Å². The summed E-state index contributed by atoms with van der Waals surface area (Å²) in [6.07, 6.45) is 0. The second kappa shape index (κ2) is 4.42. The van der Waals surface area contributed by atoms with Crippen LogP contribution in [-0.2, 0) is 9.84 Å². The molecule has 0 bridgehead atoms. The zero-order valence-corrected chi connectivity index (χ0v) is 10.1. The number of rotatable bonds is 3. The molecule has 1 N–H and O–H groups in total. The second-order valence-corrected chi connectivity index (χ2v) is 5.92. The van der Waals surface area contributed by atoms with Crippen LogP contribution in [0.3, 0.4) is 0 Å². The number of halogens is 1. The summed E-state index contributed by atoms with van der Waals surface area (Å²) in [4.78, 5) is 0.257. The van der Waals surface area contributed by atoms with Gasteiger partial charge in [0, 0.05) is 4.47 Å². The van der Waals surface area contributed by atoms with Crippen molar-refractivity contribution in [2.24, 2.45) is 0 Å². The van der Waals surface area contributed by atoms with Crippen LogP contribution in [0.15, 0.2) is 27.6 Å². The molecule has 1 aromatic rings. The van der Waals surface area contributed by atoms with E-state index >= 15 is 0 Å². The molecule has 0 unspecified atom stereocenters. The van der Waals surface area contributed by atoms with Gasteiger partial charge in [0.25, 0.3) is 0 Å². The first kappa shape index (κ1) is 11.7. The van der Waals surface area contributed by atoms with E-state index in [4.69, 9.17) is 5.11 Å². The average Bonchev–Trinajstić information content (AvgIpc) is 2.09. The highest BCUT2D eigenvalue weighted by molar-refractivity contribution is 9.10. The maximum atomic E-state index is 11.5. The van der Waals surface area contributed by atoms with Gasteiger partial charge in [-0.25, -0.2) is 8.42 Å². The van der Waals surface area contributed by atoms with Gasteiger partial charge in [0.2, 0.25) is 0 Å². The Kier molecular flexibility index (Phi) is 3.69. The second-order valence-electron chi connectivity index (χ2n) is 2.95. The fourth-order valence-electron chi connectivity index (χ4n) is 1.05. The molecule has 0 spiro atoms. The van der Waals surface area contributed by atoms with Crippen molar-refractivity contribution in [3.63, 3.8) is 0 Å². The topological polar surface area (TPSA) is 54.4 Å². The number of aliphatic hydroxyl groups is 1. The highest BCUT2D eigenvalue weighted by atomic mass is 79.9. The van der Waals surface area contributed by atoms with Crippen LogP contribution in [0.1, 0.15) is 5.56 Å². The zero-order chi connectivity index (χ0) is 10.8. The Labute approximate surface area is 91.8 Å². The molecule has 0 heterocycles. The van der Waals surface area contributed by atoms with E-state index < -0.39 is 9.84 Å². The summed E-state index contributed by atoms with van der Waals surface area (Å²) in [7, 11) is -3.32. The molecule has 0 saturated heterocycles. The average molecular weight is 279 g/mol. The van der Waals surface area contributed by atoms with E-state index in [2.05, 4.69) is 15.9 Å². The Bertz CT molecular complexity index is 426. The fraction of sp³-hybridized carbons (Fsp3) is 0.333. The van der Waals surface area contributed by atoms with Gasteiger partial charge < -0.3 is 5.11 Å². The van der Waals surface area contributed by atoms with Crippen molar-refractivity contribution in [3.05, 3.63) is 28.2 Å². The van der Waals surface area contributed by atoms with Crippen molar-refractivity contribution in [1.29, 1.82) is 0 Å². The summed E-state index contributed by atoms with van der Waals surface area (Å²) in [6, 6.07) is 4.82. The van der Waals surface area contributed by atoms with Gasteiger partial charge in [0.15, 0.2) is 9.84 Å². The van der Waals surface area contributed by atoms with Gasteiger partial charge in [-0.2, -0.15) is 0 Å². The Balaban J connectivity index is 3.15. The quantitative estimate of drug-likeness (QED) is 0.912. The first-order valence-electron chi connectivity index (χ1n) is 4.07. The van der Waals surface area contributed by atoms with E-state index in [0.717, 1.165) is 10.0 Å². The number of hydrogen-bond donors (Lipinski definition) is 1. The summed E-state index contributed by atoms with van der Waals surface area (Å²) in [6.45, 7) is 1.47. The van der Waals surface area contributed by atoms with E-state index in [0.29, 0.717) is 0 Å². The summed E-state index contributed by atoms with van der Waals surface area (Å²) in [5.74, 6) is -0.228. The maximum absolute atomic E-state index is 11.5. The van der Waals surface area contributed by atoms with Crippen LogP contribution in [0.5, 0.6) is 0 Å². The maximum Gasteiger partial charge on any atom is 0.180 e. The van der Waals surface area contributed by atoms with Crippen molar-refractivity contribution in [3.8, 4) is 0 Å². The molecule has 0 amide bonds. The lowest BCUT2D eigenvalue weighted by atomic mass is 10.2. The summed E-state index contributed by atoms with van der Waals surface area (Å²) < 4.78 is 23.9. The van der Waals surface area contributed by atoms with Gasteiger partial charge in [-0.05, 0) is 30.7 Å². The normalized spacial score (nSPS) is 11.6. The molecule has 1 rings (SSSR count). The summed E-state index contributed by atoms with van der Waals surface area (Å²) in [5, 5.41) is 8.60. The van der Waals surface area contributed by atoms with Gasteiger partial charge in [0.05, 0.1) is 17.3 Å². The van der Waals surface area contributed by atoms with E-state index in [1.807, 2.05) is 6.92 Å². The van der Waals surface area contributed by atoms with Crippen molar-refractivity contribution >= 4 is 25.8 Å². The number of aliphatic hydroxyl groups excluding tert-OH is 1. The lowest BCUT2D eigenvalue weighted by Gasteiger charge is -2.04. The molecule has 0 fully saturated rings. The number of aryl methyl sites for hydroxylation is 1. The van der Waals surface area contributed by atoms with E-state index in [1.54, 1.807) is 12.1 Å². The minimum atomic E-state index is -3.32. The molecule has 3 nitrogen and oxygen atoms in total. The first-order valence-corrected chi connectivity index (χ1v) is 6.51. The molecule has 78 valence electrons. The van der Waals surface area contributed by atoms with Gasteiger partial charge >= 0.3 is 0 Å². The Morgan fingerprint density at radius 2 is 2.07 bits per heavy atom. The van der Waals surface area contributed by atoms with Crippen molar-refractivity contribution in [1.82, 2.24) is 0 Å². The summed E-state index contributed by atoms with van der Waals surface area (Å²) in [5.41, 5.74) is 0.865. The molecule has 0 aromatic heterocycles. The monoisotopic (exact) mass is 278 g/mol. The van der Waals surface area contributed by atoms with Crippen molar-refractivity contribution in [2.75, 3.05) is 12.4 Å². The van der Waals surface area contributed by atoms with Crippen molar-refractivity contribution in [2.45, 2.75) is 11.8 Å². The third kappa shape index (κ3) is 2.56. The van der Waals surface area contributed by atoms with Crippen LogP contribution >= 0.6 is 15.9 Å². The molecule has 0 aliphatic carbocycles. The predicted octanol–water partition coefficient (Wildman–Crippen LogP) is 1.52. The van der Waals surface area contributed by atoms with E-state index in [9.17, 15) is 8.42 Å².